The van der Waals surface area contributed by atoms with E-state index in [0.717, 1.165) is 28.7 Å². The van der Waals surface area contributed by atoms with Gasteiger partial charge in [-0.15, -0.1) is 0 Å². The Hall–Kier alpha value is -3.05. The molecule has 0 saturated carbocycles. The van der Waals surface area contributed by atoms with E-state index in [1.165, 1.54) is 30.9 Å². The molecule has 0 aliphatic carbocycles. The average Bonchev–Trinajstić information content (AvgIpc) is 2.75. The zero-order chi connectivity index (χ0) is 20.5. The lowest BCUT2D eigenvalue weighted by molar-refractivity contribution is 0.630. The van der Waals surface area contributed by atoms with E-state index in [-0.39, 0.29) is 5.69 Å². The molecular formula is C26H22FNS. The second kappa shape index (κ2) is 10.5. The quantitative estimate of drug-likeness (QED) is 0.182. The molecule has 3 aromatic carbocycles. The van der Waals surface area contributed by atoms with Crippen LogP contribution in [0.2, 0.25) is 0 Å². The lowest BCUT2D eigenvalue weighted by atomic mass is 10.0. The fourth-order valence-corrected chi connectivity index (χ4v) is 3.15. The summed E-state index contributed by atoms with van der Waals surface area (Å²) in [4.78, 5) is 3.70. The molecule has 0 unspecified atom stereocenters. The summed E-state index contributed by atoms with van der Waals surface area (Å²) >= 11 is 4.53. The summed E-state index contributed by atoms with van der Waals surface area (Å²) in [5.74, 6) is 5.98. The van der Waals surface area contributed by atoms with Gasteiger partial charge in [0.25, 0.3) is 0 Å². The van der Waals surface area contributed by atoms with E-state index in [1.54, 1.807) is 6.07 Å². The van der Waals surface area contributed by atoms with Gasteiger partial charge in [-0.3, -0.25) is 0 Å². The molecule has 0 atom stereocenters. The Labute approximate surface area is 177 Å². The number of hydrogen-bond donors (Lipinski definition) is 0. The van der Waals surface area contributed by atoms with Crippen LogP contribution in [0.25, 0.3) is 11.1 Å². The number of halogens is 1. The largest absolute Gasteiger partial charge is 0.205 e. The summed E-state index contributed by atoms with van der Waals surface area (Å²) < 4.78 is 14.0. The van der Waals surface area contributed by atoms with Crippen LogP contribution in [0.4, 0.5) is 10.1 Å². The molecule has 3 rings (SSSR count). The summed E-state index contributed by atoms with van der Waals surface area (Å²) in [6, 6.07) is 21.1. The first-order valence-corrected chi connectivity index (χ1v) is 10.2. The van der Waals surface area contributed by atoms with E-state index in [2.05, 4.69) is 65.4 Å². The van der Waals surface area contributed by atoms with Crippen molar-refractivity contribution in [3.05, 3.63) is 89.2 Å². The Bertz CT molecular complexity index is 1070. The van der Waals surface area contributed by atoms with Gasteiger partial charge in [0.2, 0.25) is 0 Å². The molecule has 0 saturated heterocycles. The van der Waals surface area contributed by atoms with E-state index >= 15 is 0 Å². The van der Waals surface area contributed by atoms with Gasteiger partial charge in [0, 0.05) is 11.1 Å². The van der Waals surface area contributed by atoms with Crippen molar-refractivity contribution >= 4 is 23.1 Å². The van der Waals surface area contributed by atoms with Crippen molar-refractivity contribution < 1.29 is 4.39 Å². The van der Waals surface area contributed by atoms with Crippen LogP contribution in [0.15, 0.2) is 71.7 Å². The van der Waals surface area contributed by atoms with Crippen molar-refractivity contribution in [3.8, 4) is 23.0 Å². The highest BCUT2D eigenvalue weighted by Gasteiger charge is 2.04. The number of benzene rings is 3. The maximum Gasteiger partial charge on any atom is 0.150 e. The maximum absolute atomic E-state index is 14.0. The normalized spacial score (nSPS) is 10.0. The second-order valence-corrected chi connectivity index (χ2v) is 7.03. The van der Waals surface area contributed by atoms with Gasteiger partial charge in [0.1, 0.15) is 11.5 Å². The van der Waals surface area contributed by atoms with Gasteiger partial charge in [0.15, 0.2) is 0 Å². The molecule has 0 spiro atoms. The molecule has 0 aliphatic heterocycles. The maximum atomic E-state index is 14.0. The highest BCUT2D eigenvalue weighted by molar-refractivity contribution is 7.78. The van der Waals surface area contributed by atoms with E-state index in [9.17, 15) is 4.39 Å². The molecule has 0 fully saturated rings. The Balaban J connectivity index is 1.68. The lowest BCUT2D eigenvalue weighted by Gasteiger charge is -2.03. The molecule has 0 aromatic heterocycles. The van der Waals surface area contributed by atoms with Crippen LogP contribution in [-0.2, 0) is 6.42 Å². The van der Waals surface area contributed by atoms with Crippen LogP contribution in [0, 0.1) is 17.7 Å². The van der Waals surface area contributed by atoms with Crippen molar-refractivity contribution in [1.82, 2.24) is 0 Å². The van der Waals surface area contributed by atoms with Crippen LogP contribution < -0.4 is 0 Å². The third-order valence-electron chi connectivity index (χ3n) is 4.71. The fourth-order valence-electron chi connectivity index (χ4n) is 3.05. The number of nitrogens with zero attached hydrogens (tertiary/aromatic N) is 1. The van der Waals surface area contributed by atoms with Crippen LogP contribution in [-0.4, -0.2) is 5.16 Å². The zero-order valence-electron chi connectivity index (χ0n) is 16.4. The predicted molar refractivity (Wildman–Crippen MR) is 122 cm³/mol. The highest BCUT2D eigenvalue weighted by Crippen LogP contribution is 2.26. The van der Waals surface area contributed by atoms with Crippen LogP contribution in [0.3, 0.4) is 0 Å². The van der Waals surface area contributed by atoms with Gasteiger partial charge in [-0.2, -0.15) is 4.99 Å². The molecule has 1 nitrogen and oxygen atoms in total. The minimum atomic E-state index is -0.415. The first-order valence-electron chi connectivity index (χ1n) is 9.78. The first-order chi connectivity index (χ1) is 14.2. The Morgan fingerprint density at radius 2 is 1.45 bits per heavy atom. The monoisotopic (exact) mass is 399 g/mol. The fraction of sp³-hybridized carbons (Fsp3) is 0.192. The number of rotatable bonds is 6. The van der Waals surface area contributed by atoms with E-state index in [0.29, 0.717) is 0 Å². The van der Waals surface area contributed by atoms with Crippen LogP contribution in [0.1, 0.15) is 42.9 Å². The third-order valence-corrected chi connectivity index (χ3v) is 4.80. The summed E-state index contributed by atoms with van der Waals surface area (Å²) in [6.07, 6.45) is 4.88. The molecule has 0 amide bonds. The van der Waals surface area contributed by atoms with Crippen LogP contribution in [0.5, 0.6) is 0 Å². The summed E-state index contributed by atoms with van der Waals surface area (Å²) in [5, 5.41) is 2.19. The van der Waals surface area contributed by atoms with E-state index in [4.69, 9.17) is 0 Å². The highest BCUT2D eigenvalue weighted by atomic mass is 32.1. The van der Waals surface area contributed by atoms with Gasteiger partial charge < -0.3 is 0 Å². The van der Waals surface area contributed by atoms with Gasteiger partial charge in [-0.1, -0.05) is 61.9 Å². The van der Waals surface area contributed by atoms with Crippen molar-refractivity contribution in [2.75, 3.05) is 0 Å². The smallest absolute Gasteiger partial charge is 0.150 e. The standard InChI is InChI=1S/C26H22FNS/c1-2-3-4-5-20-6-8-21(9-7-20)10-11-22-12-14-23(15-13-22)24-16-17-26(28-19-29)25(27)18-24/h6-9,12-18H,2-5H2,1H3. The van der Waals surface area contributed by atoms with Crippen molar-refractivity contribution in [3.63, 3.8) is 0 Å². The SMILES string of the molecule is CCCCCc1ccc(C#Cc2ccc(-c3ccc(N=C=S)c(F)c3)cc2)cc1. The van der Waals surface area contributed by atoms with E-state index < -0.39 is 5.82 Å². The van der Waals surface area contributed by atoms with E-state index in [1.807, 2.05) is 30.3 Å². The zero-order valence-corrected chi connectivity index (χ0v) is 17.2. The average molecular weight is 400 g/mol. The molecule has 3 heteroatoms. The summed E-state index contributed by atoms with van der Waals surface area (Å²) in [7, 11) is 0. The molecule has 0 aliphatic rings. The topological polar surface area (TPSA) is 12.4 Å². The number of thiocarbonyl (C=S) groups is 1. The minimum Gasteiger partial charge on any atom is -0.205 e. The van der Waals surface area contributed by atoms with Crippen molar-refractivity contribution in [2.45, 2.75) is 32.6 Å². The molecule has 29 heavy (non-hydrogen) atoms. The minimum absolute atomic E-state index is 0.197. The Kier molecular flexibility index (Phi) is 7.47. The van der Waals surface area contributed by atoms with Gasteiger partial charge >= 0.3 is 0 Å². The molecule has 0 N–H and O–H groups in total. The summed E-state index contributed by atoms with van der Waals surface area (Å²) in [5.41, 5.74) is 5.19. The molecule has 0 heterocycles. The number of unbranched alkanes of at least 4 members (excludes halogenated alkanes) is 2. The summed E-state index contributed by atoms with van der Waals surface area (Å²) in [6.45, 7) is 2.22. The van der Waals surface area contributed by atoms with Gasteiger partial charge in [-0.05, 0) is 78.1 Å². The number of aliphatic imine (C=N–C) groups is 1. The van der Waals surface area contributed by atoms with Crippen molar-refractivity contribution in [2.24, 2.45) is 4.99 Å². The molecular weight excluding hydrogens is 377 g/mol. The lowest BCUT2D eigenvalue weighted by Crippen LogP contribution is -1.85. The van der Waals surface area contributed by atoms with Crippen LogP contribution >= 0.6 is 12.2 Å². The van der Waals surface area contributed by atoms with Gasteiger partial charge in [0.05, 0.1) is 5.16 Å². The first kappa shape index (κ1) is 20.7. The number of isothiocyanates is 1. The molecule has 3 aromatic rings. The molecule has 0 radical (unpaired) electrons. The number of hydrogen-bond acceptors (Lipinski definition) is 2. The van der Waals surface area contributed by atoms with Gasteiger partial charge in [-0.25, -0.2) is 4.39 Å². The second-order valence-electron chi connectivity index (χ2n) is 6.85. The molecule has 144 valence electrons. The third kappa shape index (κ3) is 5.96. The van der Waals surface area contributed by atoms with Crippen molar-refractivity contribution in [1.29, 1.82) is 0 Å². The predicted octanol–water partition coefficient (Wildman–Crippen LogP) is 7.36. The number of aryl methyl sites for hydroxylation is 1. The Morgan fingerprint density at radius 3 is 2.03 bits per heavy atom. The Morgan fingerprint density at radius 1 is 0.828 bits per heavy atom. The molecule has 0 bridgehead atoms.